The fourth-order valence-electron chi connectivity index (χ4n) is 1.99. The number of hydrogen-bond donors (Lipinski definition) is 2. The van der Waals surface area contributed by atoms with Crippen LogP contribution in [0.1, 0.15) is 24.8 Å². The van der Waals surface area contributed by atoms with Gasteiger partial charge in [-0.05, 0) is 50.9 Å². The predicted molar refractivity (Wildman–Crippen MR) is 81.6 cm³/mol. The van der Waals surface area contributed by atoms with Crippen molar-refractivity contribution in [3.8, 4) is 0 Å². The van der Waals surface area contributed by atoms with Crippen molar-refractivity contribution in [1.82, 2.24) is 10.6 Å². The lowest BCUT2D eigenvalue weighted by Crippen LogP contribution is -2.25. The van der Waals surface area contributed by atoms with Crippen LogP contribution in [-0.4, -0.2) is 39.9 Å². The number of hydrogen-bond acceptors (Lipinski definition) is 3. The predicted octanol–water partition coefficient (Wildman–Crippen LogP) is 2.22. The van der Waals surface area contributed by atoms with E-state index < -0.39 is 0 Å². The maximum atomic E-state index is 4.97. The first-order valence-corrected chi connectivity index (χ1v) is 7.38. The van der Waals surface area contributed by atoms with E-state index in [9.17, 15) is 0 Å². The maximum absolute atomic E-state index is 4.97. The van der Waals surface area contributed by atoms with Gasteiger partial charge >= 0.3 is 0 Å². The Bertz CT molecular complexity index is 290. The second kappa shape index (κ2) is 12.2. The molecule has 0 saturated heterocycles. The molecule has 0 amide bonds. The fourth-order valence-corrected chi connectivity index (χ4v) is 1.99. The van der Waals surface area contributed by atoms with E-state index in [1.807, 2.05) is 0 Å². The van der Waals surface area contributed by atoms with Gasteiger partial charge in [0.15, 0.2) is 0 Å². The number of unbranched alkanes of at least 4 members (excludes halogenated alkanes) is 1. The van der Waals surface area contributed by atoms with Gasteiger partial charge in [0.2, 0.25) is 0 Å². The largest absolute Gasteiger partial charge is 0.383 e. The van der Waals surface area contributed by atoms with Crippen molar-refractivity contribution < 1.29 is 4.74 Å². The van der Waals surface area contributed by atoms with Crippen molar-refractivity contribution >= 4 is 0 Å². The number of benzene rings is 1. The Morgan fingerprint density at radius 2 is 1.53 bits per heavy atom. The SMILES string of the molecule is COCCNCCCNCCCCc1ccccc1. The van der Waals surface area contributed by atoms with E-state index in [0.29, 0.717) is 0 Å². The Hall–Kier alpha value is -0.900. The first kappa shape index (κ1) is 16.2. The van der Waals surface area contributed by atoms with Crippen LogP contribution in [0.3, 0.4) is 0 Å². The van der Waals surface area contributed by atoms with Gasteiger partial charge in [0.1, 0.15) is 0 Å². The smallest absolute Gasteiger partial charge is 0.0587 e. The molecule has 0 unspecified atom stereocenters. The molecule has 1 aromatic carbocycles. The molecule has 0 heterocycles. The zero-order valence-electron chi connectivity index (χ0n) is 12.2. The van der Waals surface area contributed by atoms with Crippen molar-refractivity contribution in [3.63, 3.8) is 0 Å². The molecule has 0 fully saturated rings. The van der Waals surface area contributed by atoms with E-state index in [-0.39, 0.29) is 0 Å². The number of aryl methyl sites for hydroxylation is 1. The summed E-state index contributed by atoms with van der Waals surface area (Å²) >= 11 is 0. The molecule has 3 heteroatoms. The Balaban J connectivity index is 1.79. The molecule has 2 N–H and O–H groups in total. The Kier molecular flexibility index (Phi) is 10.3. The van der Waals surface area contributed by atoms with Gasteiger partial charge < -0.3 is 15.4 Å². The van der Waals surface area contributed by atoms with Crippen molar-refractivity contribution in [2.75, 3.05) is 39.9 Å². The van der Waals surface area contributed by atoms with Crippen LogP contribution < -0.4 is 10.6 Å². The van der Waals surface area contributed by atoms with Gasteiger partial charge in [0.05, 0.1) is 6.61 Å². The highest BCUT2D eigenvalue weighted by atomic mass is 16.5. The summed E-state index contributed by atoms with van der Waals surface area (Å²) in [6.07, 6.45) is 4.90. The van der Waals surface area contributed by atoms with Crippen LogP contribution in [0.5, 0.6) is 0 Å². The number of rotatable bonds is 12. The second-order valence-corrected chi connectivity index (χ2v) is 4.79. The number of ether oxygens (including phenoxy) is 1. The van der Waals surface area contributed by atoms with Crippen molar-refractivity contribution in [1.29, 1.82) is 0 Å². The molecule has 0 bridgehead atoms. The van der Waals surface area contributed by atoms with Gasteiger partial charge in [0.25, 0.3) is 0 Å². The average Bonchev–Trinajstić information content (AvgIpc) is 2.46. The first-order chi connectivity index (χ1) is 9.43. The van der Waals surface area contributed by atoms with Gasteiger partial charge in [-0.3, -0.25) is 0 Å². The van der Waals surface area contributed by atoms with Crippen LogP contribution in [0.2, 0.25) is 0 Å². The van der Waals surface area contributed by atoms with Crippen LogP contribution in [0.25, 0.3) is 0 Å². The molecule has 1 aromatic rings. The molecule has 0 aliphatic rings. The molecular formula is C16H28N2O. The molecule has 3 nitrogen and oxygen atoms in total. The zero-order chi connectivity index (χ0) is 13.6. The number of nitrogens with one attached hydrogen (secondary N) is 2. The molecule has 0 spiro atoms. The first-order valence-electron chi connectivity index (χ1n) is 7.38. The topological polar surface area (TPSA) is 33.3 Å². The molecule has 19 heavy (non-hydrogen) atoms. The van der Waals surface area contributed by atoms with E-state index in [1.165, 1.54) is 31.2 Å². The minimum absolute atomic E-state index is 0.799. The third-order valence-electron chi connectivity index (χ3n) is 3.10. The Labute approximate surface area is 117 Å². The normalized spacial score (nSPS) is 10.8. The van der Waals surface area contributed by atoms with Gasteiger partial charge in [-0.25, -0.2) is 0 Å². The van der Waals surface area contributed by atoms with Crippen LogP contribution in [0.15, 0.2) is 30.3 Å². The van der Waals surface area contributed by atoms with Crippen LogP contribution in [0.4, 0.5) is 0 Å². The third kappa shape index (κ3) is 9.65. The molecule has 108 valence electrons. The molecule has 0 saturated carbocycles. The van der Waals surface area contributed by atoms with Gasteiger partial charge in [-0.15, -0.1) is 0 Å². The van der Waals surface area contributed by atoms with Crippen molar-refractivity contribution in [2.45, 2.75) is 25.7 Å². The van der Waals surface area contributed by atoms with E-state index in [1.54, 1.807) is 7.11 Å². The Morgan fingerprint density at radius 3 is 2.26 bits per heavy atom. The molecule has 0 aliphatic heterocycles. The standard InChI is InChI=1S/C16H28N2O/c1-19-15-14-18-13-7-12-17-11-6-5-10-16-8-3-2-4-9-16/h2-4,8-9,17-18H,5-7,10-15H2,1H3. The lowest BCUT2D eigenvalue weighted by atomic mass is 10.1. The van der Waals surface area contributed by atoms with Gasteiger partial charge in [0, 0.05) is 13.7 Å². The van der Waals surface area contributed by atoms with E-state index in [4.69, 9.17) is 4.74 Å². The fraction of sp³-hybridized carbons (Fsp3) is 0.625. The monoisotopic (exact) mass is 264 g/mol. The highest BCUT2D eigenvalue weighted by Gasteiger charge is 1.93. The summed E-state index contributed by atoms with van der Waals surface area (Å²) in [5, 5.41) is 6.84. The number of methoxy groups -OCH3 is 1. The lowest BCUT2D eigenvalue weighted by Gasteiger charge is -2.06. The van der Waals surface area contributed by atoms with Crippen molar-refractivity contribution in [2.24, 2.45) is 0 Å². The van der Waals surface area contributed by atoms with Crippen molar-refractivity contribution in [3.05, 3.63) is 35.9 Å². The summed E-state index contributed by atoms with van der Waals surface area (Å²) in [5.41, 5.74) is 1.45. The molecule has 0 aliphatic carbocycles. The Morgan fingerprint density at radius 1 is 0.842 bits per heavy atom. The summed E-state index contributed by atoms with van der Waals surface area (Å²) < 4.78 is 4.97. The maximum Gasteiger partial charge on any atom is 0.0587 e. The van der Waals surface area contributed by atoms with Crippen LogP contribution >= 0.6 is 0 Å². The summed E-state index contributed by atoms with van der Waals surface area (Å²) in [7, 11) is 1.73. The molecular weight excluding hydrogens is 236 g/mol. The minimum Gasteiger partial charge on any atom is -0.383 e. The van der Waals surface area contributed by atoms with E-state index >= 15 is 0 Å². The van der Waals surface area contributed by atoms with Crippen LogP contribution in [0, 0.1) is 0 Å². The minimum atomic E-state index is 0.799. The summed E-state index contributed by atoms with van der Waals surface area (Å²) in [5.74, 6) is 0. The highest BCUT2D eigenvalue weighted by molar-refractivity contribution is 5.14. The summed E-state index contributed by atoms with van der Waals surface area (Å²) in [4.78, 5) is 0. The van der Waals surface area contributed by atoms with Gasteiger partial charge in [-0.1, -0.05) is 30.3 Å². The summed E-state index contributed by atoms with van der Waals surface area (Å²) in [6.45, 7) is 5.05. The van der Waals surface area contributed by atoms with E-state index in [0.717, 1.165) is 32.8 Å². The van der Waals surface area contributed by atoms with E-state index in [2.05, 4.69) is 41.0 Å². The molecule has 0 radical (unpaired) electrons. The lowest BCUT2D eigenvalue weighted by molar-refractivity contribution is 0.199. The molecule has 0 atom stereocenters. The molecule has 0 aromatic heterocycles. The van der Waals surface area contributed by atoms with Gasteiger partial charge in [-0.2, -0.15) is 0 Å². The third-order valence-corrected chi connectivity index (χ3v) is 3.10. The summed E-state index contributed by atoms with van der Waals surface area (Å²) in [6, 6.07) is 10.7. The quantitative estimate of drug-likeness (QED) is 0.568. The average molecular weight is 264 g/mol. The second-order valence-electron chi connectivity index (χ2n) is 4.79. The molecule has 1 rings (SSSR count). The zero-order valence-corrected chi connectivity index (χ0v) is 12.2. The van der Waals surface area contributed by atoms with Crippen LogP contribution in [-0.2, 0) is 11.2 Å². The highest BCUT2D eigenvalue weighted by Crippen LogP contribution is 2.03.